The Labute approximate surface area is 82.0 Å². The molecule has 0 saturated carbocycles. The molecular weight excluding hydrogens is 174 g/mol. The highest BCUT2D eigenvalue weighted by Crippen LogP contribution is 2.37. The number of aliphatic imine (C=N–C) groups is 1. The van der Waals surface area contributed by atoms with E-state index < -0.39 is 0 Å². The third-order valence-electron chi connectivity index (χ3n) is 2.72. The molecule has 2 aliphatic carbocycles. The normalized spacial score (nSPS) is 23.3. The number of hydrogen-bond donors (Lipinski definition) is 0. The van der Waals surface area contributed by atoms with Crippen molar-refractivity contribution in [2.75, 3.05) is 0 Å². The molecule has 0 saturated heterocycles. The van der Waals surface area contributed by atoms with Crippen LogP contribution in [0.15, 0.2) is 51.7 Å². The fourth-order valence-corrected chi connectivity index (χ4v) is 2.09. The Hall–Kier alpha value is -1.70. The van der Waals surface area contributed by atoms with Gasteiger partial charge >= 0.3 is 0 Å². The second-order valence-electron chi connectivity index (χ2n) is 3.58. The SMILES string of the molecule is O=C1C=CC=C2C=C3N=CCCC3=C12. The smallest absolute Gasteiger partial charge is 0.186 e. The number of rotatable bonds is 0. The van der Waals surface area contributed by atoms with Crippen LogP contribution < -0.4 is 0 Å². The predicted octanol–water partition coefficient (Wildman–Crippen LogP) is 2.11. The topological polar surface area (TPSA) is 29.4 Å². The number of nitrogens with zero attached hydrogens (tertiary/aromatic N) is 1. The van der Waals surface area contributed by atoms with E-state index in [2.05, 4.69) is 4.99 Å². The number of fused-ring (bicyclic) bond motifs is 2. The minimum atomic E-state index is 0.126. The third-order valence-corrected chi connectivity index (χ3v) is 2.72. The first-order valence-electron chi connectivity index (χ1n) is 4.77. The summed E-state index contributed by atoms with van der Waals surface area (Å²) in [7, 11) is 0. The largest absolute Gasteiger partial charge is 0.289 e. The van der Waals surface area contributed by atoms with E-state index in [9.17, 15) is 4.79 Å². The highest BCUT2D eigenvalue weighted by Gasteiger charge is 2.27. The molecule has 0 aromatic heterocycles. The second kappa shape index (κ2) is 2.64. The molecule has 0 atom stereocenters. The van der Waals surface area contributed by atoms with Crippen LogP contribution in [0.1, 0.15) is 12.8 Å². The Bertz CT molecular complexity index is 473. The molecule has 1 heterocycles. The van der Waals surface area contributed by atoms with Crippen molar-refractivity contribution in [3.8, 4) is 0 Å². The molecule has 2 heteroatoms. The van der Waals surface area contributed by atoms with E-state index in [0.717, 1.165) is 35.3 Å². The number of hydrogen-bond acceptors (Lipinski definition) is 2. The first kappa shape index (κ1) is 7.68. The highest BCUT2D eigenvalue weighted by molar-refractivity contribution is 6.11. The second-order valence-corrected chi connectivity index (χ2v) is 3.58. The third kappa shape index (κ3) is 0.909. The van der Waals surface area contributed by atoms with Gasteiger partial charge in [-0.25, -0.2) is 0 Å². The van der Waals surface area contributed by atoms with E-state index in [0.29, 0.717) is 0 Å². The van der Waals surface area contributed by atoms with Gasteiger partial charge in [0.05, 0.1) is 5.70 Å². The van der Waals surface area contributed by atoms with Crippen molar-refractivity contribution in [3.05, 3.63) is 46.7 Å². The fourth-order valence-electron chi connectivity index (χ4n) is 2.09. The lowest BCUT2D eigenvalue weighted by Gasteiger charge is -2.11. The summed E-state index contributed by atoms with van der Waals surface area (Å²) in [6.07, 6.45) is 11.2. The maximum atomic E-state index is 11.7. The molecule has 2 nitrogen and oxygen atoms in total. The van der Waals surface area contributed by atoms with Crippen molar-refractivity contribution >= 4 is 12.0 Å². The number of carbonyl (C=O) groups excluding carboxylic acids is 1. The summed E-state index contributed by atoms with van der Waals surface area (Å²) in [6.45, 7) is 0. The molecule has 3 rings (SSSR count). The Balaban J connectivity index is 2.23. The van der Waals surface area contributed by atoms with Crippen molar-refractivity contribution in [2.45, 2.75) is 12.8 Å². The molecule has 0 aromatic carbocycles. The van der Waals surface area contributed by atoms with Gasteiger partial charge in [0.15, 0.2) is 5.78 Å². The summed E-state index contributed by atoms with van der Waals surface area (Å²) in [5, 5.41) is 0. The monoisotopic (exact) mass is 183 g/mol. The Morgan fingerprint density at radius 2 is 2.29 bits per heavy atom. The lowest BCUT2D eigenvalue weighted by molar-refractivity contribution is -0.111. The van der Waals surface area contributed by atoms with Gasteiger partial charge in [-0.2, -0.15) is 0 Å². The fraction of sp³-hybridized carbons (Fsp3) is 0.167. The van der Waals surface area contributed by atoms with Crippen LogP contribution in [0, 0.1) is 0 Å². The van der Waals surface area contributed by atoms with Crippen LogP contribution in [-0.2, 0) is 4.79 Å². The highest BCUT2D eigenvalue weighted by atomic mass is 16.1. The van der Waals surface area contributed by atoms with Gasteiger partial charge in [-0.1, -0.05) is 12.2 Å². The summed E-state index contributed by atoms with van der Waals surface area (Å²) >= 11 is 0. The van der Waals surface area contributed by atoms with E-state index in [1.165, 1.54) is 0 Å². The molecule has 0 aromatic rings. The van der Waals surface area contributed by atoms with Crippen molar-refractivity contribution in [1.82, 2.24) is 0 Å². The van der Waals surface area contributed by atoms with Crippen LogP contribution in [0.4, 0.5) is 0 Å². The molecule has 0 unspecified atom stereocenters. The summed E-state index contributed by atoms with van der Waals surface area (Å²) in [5.41, 5.74) is 4.02. The predicted molar refractivity (Wildman–Crippen MR) is 55.1 cm³/mol. The zero-order valence-electron chi connectivity index (χ0n) is 7.66. The van der Waals surface area contributed by atoms with Gasteiger partial charge in [0.2, 0.25) is 0 Å². The molecule has 0 spiro atoms. The summed E-state index contributed by atoms with van der Waals surface area (Å²) < 4.78 is 0. The van der Waals surface area contributed by atoms with E-state index in [1.807, 2.05) is 18.4 Å². The Morgan fingerprint density at radius 1 is 1.36 bits per heavy atom. The molecule has 68 valence electrons. The van der Waals surface area contributed by atoms with Gasteiger partial charge in [0.1, 0.15) is 0 Å². The van der Waals surface area contributed by atoms with Crippen LogP contribution in [0.2, 0.25) is 0 Å². The van der Waals surface area contributed by atoms with Crippen LogP contribution in [0.3, 0.4) is 0 Å². The van der Waals surface area contributed by atoms with E-state index in [4.69, 9.17) is 0 Å². The molecular formula is C12H9NO. The van der Waals surface area contributed by atoms with E-state index in [1.54, 1.807) is 12.2 Å². The van der Waals surface area contributed by atoms with Crippen molar-refractivity contribution in [3.63, 3.8) is 0 Å². The van der Waals surface area contributed by atoms with Crippen molar-refractivity contribution in [2.24, 2.45) is 4.99 Å². The first-order chi connectivity index (χ1) is 6.86. The Morgan fingerprint density at radius 3 is 3.21 bits per heavy atom. The minimum Gasteiger partial charge on any atom is -0.289 e. The summed E-state index contributed by atoms with van der Waals surface area (Å²) in [6, 6.07) is 0. The number of carbonyl (C=O) groups is 1. The van der Waals surface area contributed by atoms with Gasteiger partial charge < -0.3 is 0 Å². The van der Waals surface area contributed by atoms with E-state index in [-0.39, 0.29) is 5.78 Å². The molecule has 0 radical (unpaired) electrons. The van der Waals surface area contributed by atoms with Crippen LogP contribution in [0.25, 0.3) is 0 Å². The van der Waals surface area contributed by atoms with Crippen molar-refractivity contribution in [1.29, 1.82) is 0 Å². The molecule has 0 N–H and O–H groups in total. The zero-order valence-corrected chi connectivity index (χ0v) is 7.66. The van der Waals surface area contributed by atoms with Crippen LogP contribution >= 0.6 is 0 Å². The maximum Gasteiger partial charge on any atom is 0.186 e. The lowest BCUT2D eigenvalue weighted by Crippen LogP contribution is -2.05. The van der Waals surface area contributed by atoms with Gasteiger partial charge in [-0.3, -0.25) is 9.79 Å². The van der Waals surface area contributed by atoms with Crippen LogP contribution in [0.5, 0.6) is 0 Å². The molecule has 0 amide bonds. The standard InChI is InChI=1S/C12H9NO/c14-11-5-1-3-8-7-10-9(12(8)11)4-2-6-13-10/h1,3,5-7H,2,4H2. The van der Waals surface area contributed by atoms with Gasteiger partial charge in [0, 0.05) is 11.8 Å². The van der Waals surface area contributed by atoms with Gasteiger partial charge in [-0.05, 0) is 36.1 Å². The average molecular weight is 183 g/mol. The quantitative estimate of drug-likeness (QED) is 0.565. The Kier molecular flexibility index (Phi) is 1.45. The molecule has 1 aliphatic heterocycles. The van der Waals surface area contributed by atoms with Crippen LogP contribution in [-0.4, -0.2) is 12.0 Å². The number of ketones is 1. The molecule has 14 heavy (non-hydrogen) atoms. The zero-order chi connectivity index (χ0) is 9.54. The van der Waals surface area contributed by atoms with Gasteiger partial charge in [0.25, 0.3) is 0 Å². The molecule has 3 aliphatic rings. The summed E-state index contributed by atoms with van der Waals surface area (Å²) in [4.78, 5) is 16.0. The average Bonchev–Trinajstić information content (AvgIpc) is 2.57. The van der Waals surface area contributed by atoms with E-state index >= 15 is 0 Å². The first-order valence-corrected chi connectivity index (χ1v) is 4.77. The molecule has 0 fully saturated rings. The molecule has 0 bridgehead atoms. The summed E-state index contributed by atoms with van der Waals surface area (Å²) in [5.74, 6) is 0.126. The lowest BCUT2D eigenvalue weighted by atomic mass is 9.94. The number of allylic oxidation sites excluding steroid dienone is 7. The minimum absolute atomic E-state index is 0.126. The van der Waals surface area contributed by atoms with Gasteiger partial charge in [-0.15, -0.1) is 0 Å². The maximum absolute atomic E-state index is 11.7. The van der Waals surface area contributed by atoms with Crippen molar-refractivity contribution < 1.29 is 4.79 Å².